The number of nitrogens with zero attached hydrogens (tertiary/aromatic N) is 1. The van der Waals surface area contributed by atoms with Gasteiger partial charge in [0.25, 0.3) is 0 Å². The van der Waals surface area contributed by atoms with E-state index < -0.39 is 47.6 Å². The van der Waals surface area contributed by atoms with Crippen molar-refractivity contribution in [2.75, 3.05) is 6.61 Å². The third-order valence-corrected chi connectivity index (χ3v) is 5.80. The molecule has 0 saturated carbocycles. The maximum absolute atomic E-state index is 11.7. The second-order valence-electron chi connectivity index (χ2n) is 6.72. The average Bonchev–Trinajstić information content (AvgIpc) is 2.65. The summed E-state index contributed by atoms with van der Waals surface area (Å²) in [6, 6.07) is 6.88. The molecule has 0 aliphatic carbocycles. The van der Waals surface area contributed by atoms with Crippen LogP contribution in [0.2, 0.25) is 5.02 Å². The first-order chi connectivity index (χ1) is 14.1. The molecule has 1 aliphatic rings. The summed E-state index contributed by atoms with van der Waals surface area (Å²) >= 11 is 7.35. The van der Waals surface area contributed by atoms with Gasteiger partial charge in [-0.15, -0.1) is 0 Å². The number of carbonyl (C=O) groups is 3. The van der Waals surface area contributed by atoms with Gasteiger partial charge in [-0.25, -0.2) is 0 Å². The minimum absolute atomic E-state index is 0.129. The van der Waals surface area contributed by atoms with E-state index in [1.165, 1.54) is 32.5 Å². The normalized spacial score (nSPS) is 25.7. The van der Waals surface area contributed by atoms with Gasteiger partial charge >= 0.3 is 17.9 Å². The highest BCUT2D eigenvalue weighted by Crippen LogP contribution is 2.39. The molecule has 1 saturated heterocycles. The molecule has 30 heavy (non-hydrogen) atoms. The van der Waals surface area contributed by atoms with E-state index in [-0.39, 0.29) is 11.6 Å². The van der Waals surface area contributed by atoms with Gasteiger partial charge in [-0.3, -0.25) is 14.4 Å². The fourth-order valence-electron chi connectivity index (χ4n) is 3.05. The van der Waals surface area contributed by atoms with Crippen LogP contribution >= 0.6 is 23.4 Å². The highest BCUT2D eigenvalue weighted by molar-refractivity contribution is 7.99. The summed E-state index contributed by atoms with van der Waals surface area (Å²) in [6.07, 6.45) is -2.29. The van der Waals surface area contributed by atoms with Crippen LogP contribution in [0.5, 0.6) is 0 Å². The molecule has 0 aromatic heterocycles. The molecule has 2 rings (SSSR count). The van der Waals surface area contributed by atoms with Crippen LogP contribution in [0.25, 0.3) is 0 Å². The van der Waals surface area contributed by atoms with Gasteiger partial charge < -0.3 is 18.9 Å². The second kappa shape index (κ2) is 10.7. The van der Waals surface area contributed by atoms with E-state index in [4.69, 9.17) is 35.8 Å². The highest BCUT2D eigenvalue weighted by Gasteiger charge is 2.48. The van der Waals surface area contributed by atoms with Crippen molar-refractivity contribution < 1.29 is 33.3 Å². The molecular formula is C20H22ClNO7S. The van der Waals surface area contributed by atoms with Crippen molar-refractivity contribution in [3.8, 4) is 6.07 Å². The molecular weight excluding hydrogens is 434 g/mol. The van der Waals surface area contributed by atoms with Crippen LogP contribution in [0.15, 0.2) is 23.1 Å². The summed E-state index contributed by atoms with van der Waals surface area (Å²) in [5, 5.41) is 9.32. The topological polar surface area (TPSA) is 112 Å². The molecule has 162 valence electrons. The molecule has 1 fully saturated rings. The van der Waals surface area contributed by atoms with Gasteiger partial charge in [-0.2, -0.15) is 5.26 Å². The molecule has 8 nitrogen and oxygen atoms in total. The van der Waals surface area contributed by atoms with E-state index in [2.05, 4.69) is 0 Å². The number of hydrogen-bond acceptors (Lipinski definition) is 9. The van der Waals surface area contributed by atoms with E-state index in [0.29, 0.717) is 10.5 Å². The third kappa shape index (κ3) is 6.36. The molecule has 1 heterocycles. The van der Waals surface area contributed by atoms with Crippen molar-refractivity contribution in [3.63, 3.8) is 0 Å². The summed E-state index contributed by atoms with van der Waals surface area (Å²) in [5.41, 5.74) is -0.363. The minimum atomic E-state index is -0.785. The van der Waals surface area contributed by atoms with E-state index in [1.807, 2.05) is 6.07 Å². The maximum Gasteiger partial charge on any atom is 0.303 e. The number of esters is 3. The van der Waals surface area contributed by atoms with Crippen LogP contribution in [0, 0.1) is 17.2 Å². The molecule has 10 heteroatoms. The van der Waals surface area contributed by atoms with Crippen LogP contribution in [0.4, 0.5) is 0 Å². The second-order valence-corrected chi connectivity index (χ2v) is 8.30. The first-order valence-corrected chi connectivity index (χ1v) is 10.4. The van der Waals surface area contributed by atoms with Gasteiger partial charge in [-0.05, 0) is 18.2 Å². The lowest BCUT2D eigenvalue weighted by Crippen LogP contribution is -2.56. The summed E-state index contributed by atoms with van der Waals surface area (Å²) in [6.45, 7) is 5.44. The quantitative estimate of drug-likeness (QED) is 0.471. The molecule has 5 atom stereocenters. The number of rotatable bonds is 6. The molecule has 1 aliphatic heterocycles. The van der Waals surface area contributed by atoms with Gasteiger partial charge in [0, 0.05) is 31.6 Å². The molecule has 0 amide bonds. The molecule has 3 unspecified atom stereocenters. The first-order valence-electron chi connectivity index (χ1n) is 9.12. The van der Waals surface area contributed by atoms with E-state index in [0.717, 1.165) is 0 Å². The van der Waals surface area contributed by atoms with Crippen LogP contribution in [0.3, 0.4) is 0 Å². The number of nitriles is 1. The first kappa shape index (κ1) is 24.0. The summed E-state index contributed by atoms with van der Waals surface area (Å²) < 4.78 is 22.0. The van der Waals surface area contributed by atoms with Crippen LogP contribution in [0.1, 0.15) is 33.3 Å². The molecule has 0 spiro atoms. The average molecular weight is 456 g/mol. The lowest BCUT2D eigenvalue weighted by atomic mass is 9.91. The maximum atomic E-state index is 11.7. The zero-order valence-corrected chi connectivity index (χ0v) is 18.5. The number of thioether (sulfide) groups is 1. The Hall–Kier alpha value is -2.28. The number of halogens is 1. The highest BCUT2D eigenvalue weighted by atomic mass is 35.5. The lowest BCUT2D eigenvalue weighted by Gasteiger charge is -2.43. The van der Waals surface area contributed by atoms with E-state index in [1.54, 1.807) is 25.1 Å². The summed E-state index contributed by atoms with van der Waals surface area (Å²) in [7, 11) is 0. The Morgan fingerprint density at radius 3 is 2.30 bits per heavy atom. The predicted octanol–water partition coefficient (Wildman–Crippen LogP) is 3.09. The fraction of sp³-hybridized carbons (Fsp3) is 0.500. The van der Waals surface area contributed by atoms with Crippen molar-refractivity contribution in [1.29, 1.82) is 5.26 Å². The number of hydrogen-bond donors (Lipinski definition) is 0. The third-order valence-electron chi connectivity index (χ3n) is 4.35. The summed E-state index contributed by atoms with van der Waals surface area (Å²) in [4.78, 5) is 35.3. The van der Waals surface area contributed by atoms with Crippen molar-refractivity contribution >= 4 is 41.3 Å². The smallest absolute Gasteiger partial charge is 0.303 e. The van der Waals surface area contributed by atoms with Gasteiger partial charge in [0.15, 0.2) is 0 Å². The largest absolute Gasteiger partial charge is 0.463 e. The predicted molar refractivity (Wildman–Crippen MR) is 108 cm³/mol. The van der Waals surface area contributed by atoms with Crippen molar-refractivity contribution in [2.45, 2.75) is 56.3 Å². The standard InChI is InChI=1S/C20H22ClNO7S/c1-10-18(27-12(3)24)17(9-26-11(2)23)29-20(19(10)28-13(4)25)30-15-6-5-14(8-22)16(21)7-15/h5-7,10,17-20H,9H2,1-4H3/t10?,17?,18-,19?,20-/m1/s1. The van der Waals surface area contributed by atoms with Crippen LogP contribution in [-0.2, 0) is 33.3 Å². The molecule has 0 radical (unpaired) electrons. The Kier molecular flexibility index (Phi) is 8.53. The molecule has 0 bridgehead atoms. The van der Waals surface area contributed by atoms with E-state index >= 15 is 0 Å². The van der Waals surface area contributed by atoms with Crippen molar-refractivity contribution in [3.05, 3.63) is 28.8 Å². The Morgan fingerprint density at radius 1 is 1.13 bits per heavy atom. The monoisotopic (exact) mass is 455 g/mol. The van der Waals surface area contributed by atoms with Gasteiger partial charge in [0.05, 0.1) is 10.6 Å². The minimum Gasteiger partial charge on any atom is -0.463 e. The Bertz CT molecular complexity index is 854. The fourth-order valence-corrected chi connectivity index (χ4v) is 4.58. The molecule has 0 N–H and O–H groups in total. The lowest BCUT2D eigenvalue weighted by molar-refractivity contribution is -0.212. The number of ether oxygens (including phenoxy) is 4. The number of carbonyl (C=O) groups excluding carboxylic acids is 3. The Morgan fingerprint density at radius 2 is 1.77 bits per heavy atom. The zero-order valence-electron chi connectivity index (χ0n) is 16.9. The molecule has 1 aromatic carbocycles. The SMILES string of the molecule is CC(=O)OCC1O[C@H](Sc2ccc(C#N)c(Cl)c2)C(OC(C)=O)C(C)[C@H]1OC(C)=O. The van der Waals surface area contributed by atoms with Crippen molar-refractivity contribution in [1.82, 2.24) is 0 Å². The van der Waals surface area contributed by atoms with Gasteiger partial charge in [0.2, 0.25) is 0 Å². The van der Waals surface area contributed by atoms with Gasteiger partial charge in [0.1, 0.15) is 36.4 Å². The zero-order chi connectivity index (χ0) is 22.4. The van der Waals surface area contributed by atoms with Gasteiger partial charge in [-0.1, -0.05) is 30.3 Å². The van der Waals surface area contributed by atoms with Crippen molar-refractivity contribution in [2.24, 2.45) is 5.92 Å². The van der Waals surface area contributed by atoms with Crippen LogP contribution < -0.4 is 0 Å². The Labute approximate surface area is 183 Å². The van der Waals surface area contributed by atoms with Crippen LogP contribution in [-0.4, -0.2) is 48.3 Å². The number of benzene rings is 1. The summed E-state index contributed by atoms with van der Waals surface area (Å²) in [5.74, 6) is -2.00. The Balaban J connectivity index is 2.33. The molecule has 1 aromatic rings. The van der Waals surface area contributed by atoms with E-state index in [9.17, 15) is 14.4 Å².